The first-order chi connectivity index (χ1) is 11.2. The van der Waals surface area contributed by atoms with E-state index in [1.807, 2.05) is 6.92 Å². The normalized spacial score (nSPS) is 16.2. The summed E-state index contributed by atoms with van der Waals surface area (Å²) in [6.07, 6.45) is -1.07. The highest BCUT2D eigenvalue weighted by Gasteiger charge is 2.53. The lowest BCUT2D eigenvalue weighted by atomic mass is 10.2. The van der Waals surface area contributed by atoms with E-state index in [4.69, 9.17) is 4.18 Å². The standard InChI is InChI=1S/C16H15F2NO4S/c1-11-2-4-13(5-3-11)24(21,22)23-12-6-9-19(14(20)10-12)16(7-8-16)15(17)18/h2-6,9-10,15H,7-8H2,1H3. The number of aromatic nitrogens is 1. The lowest BCUT2D eigenvalue weighted by molar-refractivity contribution is 0.0651. The second-order valence-electron chi connectivity index (χ2n) is 5.83. The van der Waals surface area contributed by atoms with E-state index in [2.05, 4.69) is 0 Å². The van der Waals surface area contributed by atoms with Gasteiger partial charge in [0.2, 0.25) is 0 Å². The van der Waals surface area contributed by atoms with Crippen LogP contribution in [-0.4, -0.2) is 19.4 Å². The second kappa shape index (κ2) is 5.70. The van der Waals surface area contributed by atoms with E-state index in [9.17, 15) is 22.0 Å². The molecule has 1 aromatic carbocycles. The molecule has 24 heavy (non-hydrogen) atoms. The molecule has 5 nitrogen and oxygen atoms in total. The number of nitrogens with zero attached hydrogens (tertiary/aromatic N) is 1. The van der Waals surface area contributed by atoms with Crippen molar-refractivity contribution in [2.45, 2.75) is 36.6 Å². The molecule has 1 saturated carbocycles. The van der Waals surface area contributed by atoms with Crippen LogP contribution in [0.5, 0.6) is 5.75 Å². The molecule has 0 radical (unpaired) electrons. The smallest absolute Gasteiger partial charge is 0.339 e. The van der Waals surface area contributed by atoms with Crippen molar-refractivity contribution in [3.8, 4) is 5.75 Å². The fourth-order valence-corrected chi connectivity index (χ4v) is 3.38. The Morgan fingerprint density at radius 3 is 2.29 bits per heavy atom. The quantitative estimate of drug-likeness (QED) is 0.774. The lowest BCUT2D eigenvalue weighted by Crippen LogP contribution is -2.34. The number of rotatable bonds is 5. The first-order valence-corrected chi connectivity index (χ1v) is 8.68. The third kappa shape index (κ3) is 2.93. The Kier molecular flexibility index (Phi) is 3.95. The fraction of sp³-hybridized carbons (Fsp3) is 0.312. The van der Waals surface area contributed by atoms with Crippen molar-refractivity contribution >= 4 is 10.1 Å². The highest BCUT2D eigenvalue weighted by molar-refractivity contribution is 7.87. The van der Waals surface area contributed by atoms with Crippen LogP contribution in [-0.2, 0) is 15.7 Å². The molecule has 1 heterocycles. The highest BCUT2D eigenvalue weighted by atomic mass is 32.2. The molecule has 0 aliphatic heterocycles. The molecule has 8 heteroatoms. The first kappa shape index (κ1) is 16.6. The molecule has 2 aromatic rings. The van der Waals surface area contributed by atoms with Crippen molar-refractivity contribution in [3.63, 3.8) is 0 Å². The van der Waals surface area contributed by atoms with Crippen LogP contribution in [0.3, 0.4) is 0 Å². The van der Waals surface area contributed by atoms with Crippen LogP contribution >= 0.6 is 0 Å². The zero-order valence-electron chi connectivity index (χ0n) is 12.8. The largest absolute Gasteiger partial charge is 0.379 e. The molecule has 1 aromatic heterocycles. The Bertz CT molecular complexity index is 916. The average molecular weight is 355 g/mol. The number of alkyl halides is 2. The number of pyridine rings is 1. The molecule has 0 amide bonds. The molecule has 3 rings (SSSR count). The van der Waals surface area contributed by atoms with Gasteiger partial charge in [-0.2, -0.15) is 8.42 Å². The molecule has 1 aliphatic rings. The van der Waals surface area contributed by atoms with Gasteiger partial charge >= 0.3 is 10.1 Å². The van der Waals surface area contributed by atoms with Crippen LogP contribution in [0.1, 0.15) is 18.4 Å². The summed E-state index contributed by atoms with van der Waals surface area (Å²) < 4.78 is 56.4. The summed E-state index contributed by atoms with van der Waals surface area (Å²) in [7, 11) is -4.09. The van der Waals surface area contributed by atoms with Gasteiger partial charge in [-0.3, -0.25) is 4.79 Å². The van der Waals surface area contributed by atoms with Gasteiger partial charge in [0.25, 0.3) is 12.0 Å². The molecule has 0 unspecified atom stereocenters. The molecule has 0 atom stereocenters. The van der Waals surface area contributed by atoms with Crippen molar-refractivity contribution < 1.29 is 21.4 Å². The van der Waals surface area contributed by atoms with Gasteiger partial charge in [0.1, 0.15) is 16.2 Å². The van der Waals surface area contributed by atoms with E-state index in [0.29, 0.717) is 0 Å². The van der Waals surface area contributed by atoms with Crippen LogP contribution in [0.2, 0.25) is 0 Å². The Morgan fingerprint density at radius 2 is 1.79 bits per heavy atom. The Hall–Kier alpha value is -2.22. The summed E-state index contributed by atoms with van der Waals surface area (Å²) >= 11 is 0. The molecule has 0 saturated heterocycles. The summed E-state index contributed by atoms with van der Waals surface area (Å²) in [6.45, 7) is 1.81. The molecule has 0 bridgehead atoms. The second-order valence-corrected chi connectivity index (χ2v) is 7.37. The molecule has 0 spiro atoms. The maximum Gasteiger partial charge on any atom is 0.339 e. The van der Waals surface area contributed by atoms with E-state index >= 15 is 0 Å². The van der Waals surface area contributed by atoms with Gasteiger partial charge in [-0.25, -0.2) is 8.78 Å². The van der Waals surface area contributed by atoms with Gasteiger partial charge in [0, 0.05) is 12.3 Å². The first-order valence-electron chi connectivity index (χ1n) is 7.27. The molecule has 1 aliphatic carbocycles. The van der Waals surface area contributed by atoms with Crippen LogP contribution in [0.15, 0.2) is 52.3 Å². The van der Waals surface area contributed by atoms with Crippen LogP contribution in [0.4, 0.5) is 8.78 Å². The van der Waals surface area contributed by atoms with E-state index < -0.39 is 27.6 Å². The predicted molar refractivity (Wildman–Crippen MR) is 82.9 cm³/mol. The molecular weight excluding hydrogens is 340 g/mol. The summed E-state index contributed by atoms with van der Waals surface area (Å²) in [5.74, 6) is -0.207. The minimum Gasteiger partial charge on any atom is -0.379 e. The summed E-state index contributed by atoms with van der Waals surface area (Å²) in [5, 5.41) is 0. The monoisotopic (exact) mass is 355 g/mol. The molecular formula is C16H15F2NO4S. The van der Waals surface area contributed by atoms with Crippen molar-refractivity contribution in [2.24, 2.45) is 0 Å². The van der Waals surface area contributed by atoms with E-state index in [1.54, 1.807) is 12.1 Å². The summed E-state index contributed by atoms with van der Waals surface area (Å²) in [6, 6.07) is 8.13. The zero-order valence-corrected chi connectivity index (χ0v) is 13.6. The van der Waals surface area contributed by atoms with Crippen molar-refractivity contribution in [1.82, 2.24) is 4.57 Å². The van der Waals surface area contributed by atoms with Gasteiger partial charge in [-0.05, 0) is 38.0 Å². The zero-order chi connectivity index (χ0) is 17.5. The Morgan fingerprint density at radius 1 is 1.17 bits per heavy atom. The number of hydrogen-bond donors (Lipinski definition) is 0. The fourth-order valence-electron chi connectivity index (χ4n) is 2.45. The SMILES string of the molecule is Cc1ccc(S(=O)(=O)Oc2ccn(C3(C(F)F)CC3)c(=O)c2)cc1. The van der Waals surface area contributed by atoms with E-state index in [0.717, 1.165) is 22.4 Å². The topological polar surface area (TPSA) is 65.4 Å². The highest BCUT2D eigenvalue weighted by Crippen LogP contribution is 2.47. The molecule has 128 valence electrons. The molecule has 0 N–H and O–H groups in total. The number of benzene rings is 1. The summed E-state index contributed by atoms with van der Waals surface area (Å²) in [4.78, 5) is 12.0. The maximum atomic E-state index is 13.1. The number of halogens is 2. The van der Waals surface area contributed by atoms with Gasteiger partial charge in [-0.1, -0.05) is 17.7 Å². The van der Waals surface area contributed by atoms with E-state index in [1.165, 1.54) is 18.2 Å². The third-order valence-electron chi connectivity index (χ3n) is 4.05. The van der Waals surface area contributed by atoms with Crippen molar-refractivity contribution in [3.05, 3.63) is 58.5 Å². The van der Waals surface area contributed by atoms with Gasteiger partial charge < -0.3 is 8.75 Å². The van der Waals surface area contributed by atoms with Gasteiger partial charge in [-0.15, -0.1) is 0 Å². The third-order valence-corrected chi connectivity index (χ3v) is 5.32. The van der Waals surface area contributed by atoms with Crippen LogP contribution < -0.4 is 9.74 Å². The van der Waals surface area contributed by atoms with E-state index in [-0.39, 0.29) is 23.5 Å². The Balaban J connectivity index is 1.88. The minimum atomic E-state index is -4.09. The predicted octanol–water partition coefficient (Wildman–Crippen LogP) is 2.68. The Labute approximate surface area is 137 Å². The van der Waals surface area contributed by atoms with Crippen LogP contribution in [0.25, 0.3) is 0 Å². The number of hydrogen-bond acceptors (Lipinski definition) is 4. The summed E-state index contributed by atoms with van der Waals surface area (Å²) in [5.41, 5.74) is -1.30. The van der Waals surface area contributed by atoms with Crippen molar-refractivity contribution in [2.75, 3.05) is 0 Å². The van der Waals surface area contributed by atoms with Gasteiger partial charge in [0.05, 0.1) is 0 Å². The van der Waals surface area contributed by atoms with Gasteiger partial charge in [0.15, 0.2) is 0 Å². The lowest BCUT2D eigenvalue weighted by Gasteiger charge is -2.17. The number of aryl methyl sites for hydroxylation is 1. The average Bonchev–Trinajstić information content (AvgIpc) is 3.29. The maximum absolute atomic E-state index is 13.1. The van der Waals surface area contributed by atoms with Crippen molar-refractivity contribution in [1.29, 1.82) is 0 Å². The molecule has 1 fully saturated rings. The van der Waals surface area contributed by atoms with Crippen LogP contribution in [0, 0.1) is 6.92 Å². The minimum absolute atomic E-state index is 0.0523.